The van der Waals surface area contributed by atoms with Crippen molar-refractivity contribution < 1.29 is 9.53 Å². The topological polar surface area (TPSA) is 32.8 Å². The third-order valence-corrected chi connectivity index (χ3v) is 4.83. The van der Waals surface area contributed by atoms with Gasteiger partial charge in [-0.2, -0.15) is 0 Å². The number of rotatable bonds is 3. The van der Waals surface area contributed by atoms with E-state index in [0.717, 1.165) is 25.9 Å². The molecule has 0 spiro atoms. The van der Waals surface area contributed by atoms with E-state index in [0.29, 0.717) is 11.3 Å². The molecule has 0 saturated carbocycles. The second-order valence-electron chi connectivity index (χ2n) is 8.36. The fourth-order valence-corrected chi connectivity index (χ4v) is 3.42. The van der Waals surface area contributed by atoms with E-state index in [1.54, 1.807) is 0 Å². The quantitative estimate of drug-likeness (QED) is 0.800. The number of nitrogens with zero attached hydrogens (tertiary/aromatic N) is 2. The van der Waals surface area contributed by atoms with E-state index in [9.17, 15) is 4.79 Å². The summed E-state index contributed by atoms with van der Waals surface area (Å²) in [5.74, 6) is 0.705. The fraction of sp³-hybridized carbons (Fsp3) is 0.941. The first kappa shape index (κ1) is 16.6. The zero-order chi connectivity index (χ0) is 15.7. The number of amides is 1. The average molecular weight is 296 g/mol. The number of likely N-dealkylation sites (tertiary alicyclic amines) is 2. The number of carbonyl (C=O) groups excluding carboxylic acids is 1. The van der Waals surface area contributed by atoms with Gasteiger partial charge in [-0.05, 0) is 64.5 Å². The lowest BCUT2D eigenvalue weighted by Gasteiger charge is -2.45. The highest BCUT2D eigenvalue weighted by atomic mass is 16.6. The van der Waals surface area contributed by atoms with Crippen LogP contribution < -0.4 is 0 Å². The van der Waals surface area contributed by atoms with E-state index in [2.05, 4.69) is 18.7 Å². The molecule has 2 aliphatic rings. The summed E-state index contributed by atoms with van der Waals surface area (Å²) in [5.41, 5.74) is -0.0504. The van der Waals surface area contributed by atoms with Gasteiger partial charge >= 0.3 is 6.09 Å². The van der Waals surface area contributed by atoms with Crippen LogP contribution in [0, 0.1) is 11.3 Å². The molecule has 0 aromatic heterocycles. The maximum absolute atomic E-state index is 12.1. The molecule has 0 unspecified atom stereocenters. The minimum atomic E-state index is -0.398. The van der Waals surface area contributed by atoms with Gasteiger partial charge in [-0.3, -0.25) is 0 Å². The summed E-state index contributed by atoms with van der Waals surface area (Å²) in [4.78, 5) is 16.5. The summed E-state index contributed by atoms with van der Waals surface area (Å²) >= 11 is 0. The van der Waals surface area contributed by atoms with Gasteiger partial charge in [0, 0.05) is 19.6 Å². The van der Waals surface area contributed by atoms with Crippen LogP contribution >= 0.6 is 0 Å². The molecule has 0 aliphatic carbocycles. The van der Waals surface area contributed by atoms with Crippen LogP contribution in [0.25, 0.3) is 0 Å². The molecule has 0 atom stereocenters. The Labute approximate surface area is 129 Å². The van der Waals surface area contributed by atoms with Gasteiger partial charge in [0.1, 0.15) is 5.60 Å². The molecule has 0 aromatic carbocycles. The first-order valence-electron chi connectivity index (χ1n) is 8.38. The molecule has 4 heteroatoms. The Bertz CT molecular complexity index is 361. The molecule has 0 aromatic rings. The maximum Gasteiger partial charge on any atom is 0.410 e. The summed E-state index contributed by atoms with van der Waals surface area (Å²) in [6.07, 6.45) is 3.40. The van der Waals surface area contributed by atoms with Gasteiger partial charge in [-0.25, -0.2) is 4.79 Å². The van der Waals surface area contributed by atoms with E-state index >= 15 is 0 Å². The van der Waals surface area contributed by atoms with Crippen molar-refractivity contribution in [3.05, 3.63) is 0 Å². The van der Waals surface area contributed by atoms with Gasteiger partial charge in [0.15, 0.2) is 0 Å². The van der Waals surface area contributed by atoms with Crippen molar-refractivity contribution in [2.24, 2.45) is 11.3 Å². The predicted molar refractivity (Wildman–Crippen MR) is 85.4 cm³/mol. The van der Waals surface area contributed by atoms with Crippen molar-refractivity contribution in [1.82, 2.24) is 9.80 Å². The number of hydrogen-bond acceptors (Lipinski definition) is 3. The van der Waals surface area contributed by atoms with E-state index in [1.165, 1.54) is 26.1 Å². The van der Waals surface area contributed by atoms with E-state index < -0.39 is 5.60 Å². The number of carbonyl (C=O) groups is 1. The summed E-state index contributed by atoms with van der Waals surface area (Å²) in [5, 5.41) is 0. The van der Waals surface area contributed by atoms with E-state index in [4.69, 9.17) is 4.74 Å². The first-order chi connectivity index (χ1) is 9.67. The molecule has 2 aliphatic heterocycles. The first-order valence-corrected chi connectivity index (χ1v) is 8.38. The average Bonchev–Trinajstić information content (AvgIpc) is 2.32. The van der Waals surface area contributed by atoms with E-state index in [1.807, 2.05) is 25.7 Å². The smallest absolute Gasteiger partial charge is 0.410 e. The summed E-state index contributed by atoms with van der Waals surface area (Å²) < 4.78 is 5.47. The second-order valence-corrected chi connectivity index (χ2v) is 8.36. The molecular formula is C17H32N2O2. The van der Waals surface area contributed by atoms with Gasteiger partial charge in [-0.1, -0.05) is 13.8 Å². The standard InChI is InChI=1S/C17H32N2O2/c1-16(2,3)21-15(20)19-11-7-14(8-12-19)17(4,5)13-18-9-6-10-18/h14H,6-13H2,1-5H3. The van der Waals surface area contributed by atoms with Gasteiger partial charge < -0.3 is 14.5 Å². The Hall–Kier alpha value is -0.770. The molecule has 122 valence electrons. The van der Waals surface area contributed by atoms with Crippen LogP contribution in [0.4, 0.5) is 4.79 Å². The maximum atomic E-state index is 12.1. The molecule has 21 heavy (non-hydrogen) atoms. The van der Waals surface area contributed by atoms with Crippen LogP contribution in [-0.2, 0) is 4.74 Å². The van der Waals surface area contributed by atoms with Gasteiger partial charge in [-0.15, -0.1) is 0 Å². The Morgan fingerprint density at radius 3 is 2.05 bits per heavy atom. The van der Waals surface area contributed by atoms with Gasteiger partial charge in [0.2, 0.25) is 0 Å². The largest absolute Gasteiger partial charge is 0.444 e. The minimum absolute atomic E-state index is 0.151. The molecule has 0 radical (unpaired) electrons. The Balaban J connectivity index is 1.80. The van der Waals surface area contributed by atoms with Crippen LogP contribution in [0.3, 0.4) is 0 Å². The second kappa shape index (κ2) is 6.15. The third-order valence-electron chi connectivity index (χ3n) is 4.83. The van der Waals surface area contributed by atoms with Crippen molar-refractivity contribution in [2.75, 3.05) is 32.7 Å². The van der Waals surface area contributed by atoms with Crippen molar-refractivity contribution in [1.29, 1.82) is 0 Å². The molecule has 0 N–H and O–H groups in total. The Kier molecular flexibility index (Phi) is 4.86. The lowest BCUT2D eigenvalue weighted by molar-refractivity contribution is 0.00494. The Morgan fingerprint density at radius 2 is 1.62 bits per heavy atom. The fourth-order valence-electron chi connectivity index (χ4n) is 3.42. The van der Waals surface area contributed by atoms with Crippen LogP contribution in [0.5, 0.6) is 0 Å². The van der Waals surface area contributed by atoms with Crippen molar-refractivity contribution in [2.45, 2.75) is 59.5 Å². The zero-order valence-electron chi connectivity index (χ0n) is 14.4. The van der Waals surface area contributed by atoms with E-state index in [-0.39, 0.29) is 6.09 Å². The zero-order valence-corrected chi connectivity index (χ0v) is 14.4. The molecule has 2 fully saturated rings. The number of ether oxygens (including phenoxy) is 1. The highest BCUT2D eigenvalue weighted by Crippen LogP contribution is 2.36. The highest BCUT2D eigenvalue weighted by Gasteiger charge is 2.36. The summed E-state index contributed by atoms with van der Waals surface area (Å²) in [7, 11) is 0. The third kappa shape index (κ3) is 4.60. The number of hydrogen-bond donors (Lipinski definition) is 0. The van der Waals surface area contributed by atoms with Gasteiger partial charge in [0.25, 0.3) is 0 Å². The molecule has 2 heterocycles. The summed E-state index contributed by atoms with van der Waals surface area (Å²) in [6.45, 7) is 15.9. The normalized spacial score (nSPS) is 22.0. The molecular weight excluding hydrogens is 264 g/mol. The molecule has 2 rings (SSSR count). The van der Waals surface area contributed by atoms with Crippen LogP contribution in [-0.4, -0.2) is 54.2 Å². The van der Waals surface area contributed by atoms with Crippen LogP contribution in [0.2, 0.25) is 0 Å². The SMILES string of the molecule is CC(C)(C)OC(=O)N1CCC(C(C)(C)CN2CCC2)CC1. The molecule has 4 nitrogen and oxygen atoms in total. The van der Waals surface area contributed by atoms with Crippen molar-refractivity contribution in [3.8, 4) is 0 Å². The Morgan fingerprint density at radius 1 is 1.05 bits per heavy atom. The van der Waals surface area contributed by atoms with Crippen molar-refractivity contribution >= 4 is 6.09 Å². The highest BCUT2D eigenvalue weighted by molar-refractivity contribution is 5.68. The van der Waals surface area contributed by atoms with Gasteiger partial charge in [0.05, 0.1) is 0 Å². The molecule has 1 amide bonds. The van der Waals surface area contributed by atoms with Crippen molar-refractivity contribution in [3.63, 3.8) is 0 Å². The number of piperidine rings is 1. The monoisotopic (exact) mass is 296 g/mol. The van der Waals surface area contributed by atoms with Crippen LogP contribution in [0.1, 0.15) is 53.9 Å². The molecule has 0 bridgehead atoms. The minimum Gasteiger partial charge on any atom is -0.444 e. The van der Waals surface area contributed by atoms with Crippen LogP contribution in [0.15, 0.2) is 0 Å². The molecule has 2 saturated heterocycles. The lowest BCUT2D eigenvalue weighted by atomic mass is 9.73. The lowest BCUT2D eigenvalue weighted by Crippen LogP contribution is -2.49. The summed E-state index contributed by atoms with van der Waals surface area (Å²) in [6, 6.07) is 0. The predicted octanol–water partition coefficient (Wildman–Crippen LogP) is 3.37.